The minimum absolute atomic E-state index is 0.0108. The molecular weight excluding hydrogens is 252 g/mol. The van der Waals surface area contributed by atoms with E-state index in [1.165, 1.54) is 0 Å². The number of nitrogens with one attached hydrogen (secondary N) is 1. The maximum absolute atomic E-state index is 13.5. The molecule has 2 rings (SSSR count). The number of carbonyl (C=O) groups is 1. The lowest BCUT2D eigenvalue weighted by molar-refractivity contribution is 0.0868. The fourth-order valence-electron chi connectivity index (χ4n) is 2.54. The first-order chi connectivity index (χ1) is 9.11. The molecule has 0 aliphatic heterocycles. The molecule has 1 fully saturated rings. The SMILES string of the molecule is O=C(NC1CCCCC1CO)c1ccc(F)cc1F. The molecule has 0 radical (unpaired) electrons. The van der Waals surface area contributed by atoms with Gasteiger partial charge in [0.05, 0.1) is 5.56 Å². The van der Waals surface area contributed by atoms with Crippen LogP contribution in [0.4, 0.5) is 8.78 Å². The van der Waals surface area contributed by atoms with Crippen molar-refractivity contribution in [3.8, 4) is 0 Å². The van der Waals surface area contributed by atoms with Crippen molar-refractivity contribution in [1.29, 1.82) is 0 Å². The van der Waals surface area contributed by atoms with Crippen LogP contribution in [-0.4, -0.2) is 23.7 Å². The first-order valence-corrected chi connectivity index (χ1v) is 6.48. The zero-order chi connectivity index (χ0) is 13.8. The predicted octanol–water partition coefficient (Wildman–Crippen LogP) is 2.25. The van der Waals surface area contributed by atoms with Crippen molar-refractivity contribution in [3.63, 3.8) is 0 Å². The van der Waals surface area contributed by atoms with Gasteiger partial charge in [0.1, 0.15) is 11.6 Å². The second-order valence-corrected chi connectivity index (χ2v) is 4.93. The lowest BCUT2D eigenvalue weighted by Gasteiger charge is -2.30. The van der Waals surface area contributed by atoms with Gasteiger partial charge >= 0.3 is 0 Å². The van der Waals surface area contributed by atoms with Crippen molar-refractivity contribution in [1.82, 2.24) is 5.32 Å². The summed E-state index contributed by atoms with van der Waals surface area (Å²) < 4.78 is 26.3. The highest BCUT2D eigenvalue weighted by atomic mass is 19.1. The van der Waals surface area contributed by atoms with Crippen molar-refractivity contribution in [2.75, 3.05) is 6.61 Å². The normalized spacial score (nSPS) is 23.1. The summed E-state index contributed by atoms with van der Waals surface area (Å²) in [6, 6.07) is 2.74. The summed E-state index contributed by atoms with van der Waals surface area (Å²) in [6.07, 6.45) is 3.64. The summed E-state index contributed by atoms with van der Waals surface area (Å²) in [6.45, 7) is 0.0108. The van der Waals surface area contributed by atoms with Crippen LogP contribution < -0.4 is 5.32 Å². The van der Waals surface area contributed by atoms with Gasteiger partial charge in [-0.05, 0) is 25.0 Å². The van der Waals surface area contributed by atoms with Gasteiger partial charge in [0.2, 0.25) is 0 Å². The van der Waals surface area contributed by atoms with Crippen LogP contribution in [0.15, 0.2) is 18.2 Å². The van der Waals surface area contributed by atoms with E-state index in [1.54, 1.807) is 0 Å². The number of halogens is 2. The molecule has 2 atom stereocenters. The van der Waals surface area contributed by atoms with Gasteiger partial charge in [0, 0.05) is 24.6 Å². The summed E-state index contributed by atoms with van der Waals surface area (Å²) >= 11 is 0. The van der Waals surface area contributed by atoms with Crippen LogP contribution in [0.3, 0.4) is 0 Å². The molecule has 5 heteroatoms. The van der Waals surface area contributed by atoms with E-state index in [4.69, 9.17) is 0 Å². The Labute approximate surface area is 110 Å². The van der Waals surface area contributed by atoms with Gasteiger partial charge in [-0.1, -0.05) is 12.8 Å². The maximum Gasteiger partial charge on any atom is 0.254 e. The summed E-state index contributed by atoms with van der Waals surface area (Å²) in [5.74, 6) is -2.11. The molecule has 19 heavy (non-hydrogen) atoms. The van der Waals surface area contributed by atoms with E-state index in [2.05, 4.69) is 5.32 Å². The number of benzene rings is 1. The van der Waals surface area contributed by atoms with Gasteiger partial charge in [-0.2, -0.15) is 0 Å². The highest BCUT2D eigenvalue weighted by Crippen LogP contribution is 2.24. The van der Waals surface area contributed by atoms with E-state index in [0.29, 0.717) is 6.07 Å². The molecule has 0 heterocycles. The average Bonchev–Trinajstić information content (AvgIpc) is 2.39. The van der Waals surface area contributed by atoms with E-state index < -0.39 is 17.5 Å². The van der Waals surface area contributed by atoms with Crippen LogP contribution in [0, 0.1) is 17.6 Å². The van der Waals surface area contributed by atoms with Gasteiger partial charge in [-0.15, -0.1) is 0 Å². The van der Waals surface area contributed by atoms with E-state index >= 15 is 0 Å². The number of aliphatic hydroxyl groups is 1. The summed E-state index contributed by atoms with van der Waals surface area (Å²) in [7, 11) is 0. The largest absolute Gasteiger partial charge is 0.396 e. The minimum atomic E-state index is -0.867. The molecule has 3 nitrogen and oxygen atoms in total. The fourth-order valence-corrected chi connectivity index (χ4v) is 2.54. The molecule has 1 amide bonds. The van der Waals surface area contributed by atoms with Crippen LogP contribution in [0.25, 0.3) is 0 Å². The monoisotopic (exact) mass is 269 g/mol. The van der Waals surface area contributed by atoms with E-state index in [9.17, 15) is 18.7 Å². The van der Waals surface area contributed by atoms with Gasteiger partial charge < -0.3 is 10.4 Å². The molecule has 1 aliphatic rings. The third kappa shape index (κ3) is 3.29. The highest BCUT2D eigenvalue weighted by Gasteiger charge is 2.26. The zero-order valence-corrected chi connectivity index (χ0v) is 10.5. The molecule has 1 saturated carbocycles. The zero-order valence-electron chi connectivity index (χ0n) is 10.5. The average molecular weight is 269 g/mol. The number of hydrogen-bond acceptors (Lipinski definition) is 2. The number of rotatable bonds is 3. The second-order valence-electron chi connectivity index (χ2n) is 4.93. The van der Waals surface area contributed by atoms with Crippen LogP contribution in [0.1, 0.15) is 36.0 Å². The smallest absolute Gasteiger partial charge is 0.254 e. The number of amides is 1. The van der Waals surface area contributed by atoms with Gasteiger partial charge in [-0.3, -0.25) is 4.79 Å². The molecule has 1 aliphatic carbocycles. The van der Waals surface area contributed by atoms with Gasteiger partial charge in [0.15, 0.2) is 0 Å². The third-order valence-electron chi connectivity index (χ3n) is 3.64. The fraction of sp³-hybridized carbons (Fsp3) is 0.500. The molecule has 0 saturated heterocycles. The highest BCUT2D eigenvalue weighted by molar-refractivity contribution is 5.94. The lowest BCUT2D eigenvalue weighted by Crippen LogP contribution is -2.43. The number of aliphatic hydroxyl groups excluding tert-OH is 1. The molecule has 104 valence electrons. The maximum atomic E-state index is 13.5. The molecule has 1 aromatic rings. The molecule has 0 bridgehead atoms. The first kappa shape index (κ1) is 13.9. The minimum Gasteiger partial charge on any atom is -0.396 e. The Morgan fingerprint density at radius 1 is 1.32 bits per heavy atom. The summed E-state index contributed by atoms with van der Waals surface area (Å²) in [4.78, 5) is 12.0. The lowest BCUT2D eigenvalue weighted by atomic mass is 9.85. The Hall–Kier alpha value is -1.49. The molecule has 0 aromatic heterocycles. The van der Waals surface area contributed by atoms with E-state index in [0.717, 1.165) is 37.8 Å². The molecular formula is C14H17F2NO2. The number of carbonyl (C=O) groups excluding carboxylic acids is 1. The third-order valence-corrected chi connectivity index (χ3v) is 3.64. The Kier molecular flexibility index (Phi) is 4.47. The Morgan fingerprint density at radius 3 is 2.74 bits per heavy atom. The Balaban J connectivity index is 2.07. The topological polar surface area (TPSA) is 49.3 Å². The molecule has 2 unspecified atom stereocenters. The quantitative estimate of drug-likeness (QED) is 0.884. The second kappa shape index (κ2) is 6.10. The van der Waals surface area contributed by atoms with Crippen molar-refractivity contribution in [2.45, 2.75) is 31.7 Å². The van der Waals surface area contributed by atoms with Crippen LogP contribution >= 0.6 is 0 Å². The summed E-state index contributed by atoms with van der Waals surface area (Å²) in [5.41, 5.74) is -0.163. The molecule has 2 N–H and O–H groups in total. The Morgan fingerprint density at radius 2 is 2.05 bits per heavy atom. The predicted molar refractivity (Wildman–Crippen MR) is 66.7 cm³/mol. The molecule has 1 aromatic carbocycles. The first-order valence-electron chi connectivity index (χ1n) is 6.48. The summed E-state index contributed by atoms with van der Waals surface area (Å²) in [5, 5.41) is 12.0. The van der Waals surface area contributed by atoms with Crippen molar-refractivity contribution in [3.05, 3.63) is 35.4 Å². The van der Waals surface area contributed by atoms with Crippen LogP contribution in [0.2, 0.25) is 0 Å². The van der Waals surface area contributed by atoms with E-state index in [1.807, 2.05) is 0 Å². The van der Waals surface area contributed by atoms with Gasteiger partial charge in [0.25, 0.3) is 5.91 Å². The Bertz CT molecular complexity index is 465. The van der Waals surface area contributed by atoms with Crippen molar-refractivity contribution >= 4 is 5.91 Å². The standard InChI is InChI=1S/C14H17F2NO2/c15-10-5-6-11(12(16)7-10)14(19)17-13-4-2-1-3-9(13)8-18/h5-7,9,13,18H,1-4,8H2,(H,17,19). The number of hydrogen-bond donors (Lipinski definition) is 2. The molecule has 0 spiro atoms. The van der Waals surface area contributed by atoms with Crippen LogP contribution in [-0.2, 0) is 0 Å². The van der Waals surface area contributed by atoms with Crippen molar-refractivity contribution < 1.29 is 18.7 Å². The van der Waals surface area contributed by atoms with Gasteiger partial charge in [-0.25, -0.2) is 8.78 Å². The van der Waals surface area contributed by atoms with E-state index in [-0.39, 0.29) is 24.1 Å². The van der Waals surface area contributed by atoms with Crippen molar-refractivity contribution in [2.24, 2.45) is 5.92 Å². The van der Waals surface area contributed by atoms with Crippen LogP contribution in [0.5, 0.6) is 0 Å².